The van der Waals surface area contributed by atoms with Gasteiger partial charge in [-0.05, 0) is 43.4 Å². The second kappa shape index (κ2) is 8.10. The van der Waals surface area contributed by atoms with Crippen molar-refractivity contribution in [3.63, 3.8) is 0 Å². The average molecular weight is 389 g/mol. The Hall–Kier alpha value is -2.05. The summed E-state index contributed by atoms with van der Waals surface area (Å²) in [4.78, 5) is 17.1. The van der Waals surface area contributed by atoms with Crippen LogP contribution in [-0.4, -0.2) is 39.1 Å². The zero-order valence-electron chi connectivity index (χ0n) is 15.0. The van der Waals surface area contributed by atoms with Crippen LogP contribution < -0.4 is 5.32 Å². The summed E-state index contributed by atoms with van der Waals surface area (Å²) in [5, 5.41) is 8.02. The molecule has 3 rings (SSSR count). The summed E-state index contributed by atoms with van der Waals surface area (Å²) < 4.78 is 1.75. The molecule has 0 aliphatic carbocycles. The first-order chi connectivity index (χ1) is 12.5. The summed E-state index contributed by atoms with van der Waals surface area (Å²) in [5.74, 6) is 0.739. The molecule has 0 spiro atoms. The van der Waals surface area contributed by atoms with E-state index in [4.69, 9.17) is 11.6 Å². The number of carbonyl (C=O) groups is 1. The van der Waals surface area contributed by atoms with Crippen molar-refractivity contribution in [2.75, 3.05) is 18.6 Å². The second-order valence-electron chi connectivity index (χ2n) is 6.11. The van der Waals surface area contributed by atoms with Crippen molar-refractivity contribution in [3.8, 4) is 0 Å². The highest BCUT2D eigenvalue weighted by atomic mass is 35.5. The van der Waals surface area contributed by atoms with Gasteiger partial charge in [-0.1, -0.05) is 23.7 Å². The van der Waals surface area contributed by atoms with Crippen LogP contribution in [0, 0.1) is 13.8 Å². The van der Waals surface area contributed by atoms with Crippen molar-refractivity contribution in [2.45, 2.75) is 20.3 Å². The lowest BCUT2D eigenvalue weighted by Crippen LogP contribution is -2.25. The van der Waals surface area contributed by atoms with Crippen LogP contribution in [0.15, 0.2) is 30.5 Å². The van der Waals surface area contributed by atoms with Gasteiger partial charge in [-0.25, -0.2) is 9.50 Å². The Labute approximate surface area is 162 Å². The highest BCUT2D eigenvalue weighted by Crippen LogP contribution is 2.21. The van der Waals surface area contributed by atoms with Gasteiger partial charge in [0.2, 0.25) is 0 Å². The number of aryl methyl sites for hydroxylation is 2. The van der Waals surface area contributed by atoms with E-state index in [1.165, 1.54) is 0 Å². The van der Waals surface area contributed by atoms with Crippen LogP contribution >= 0.6 is 23.4 Å². The number of halogens is 1. The molecule has 0 saturated heterocycles. The lowest BCUT2D eigenvalue weighted by molar-refractivity contribution is 0.0957. The van der Waals surface area contributed by atoms with Gasteiger partial charge in [-0.3, -0.25) is 4.79 Å². The quantitative estimate of drug-likeness (QED) is 0.654. The van der Waals surface area contributed by atoms with Gasteiger partial charge in [0.05, 0.1) is 6.20 Å². The molecule has 0 bridgehead atoms. The molecule has 3 aromatic rings. The molecule has 0 fully saturated rings. The van der Waals surface area contributed by atoms with Gasteiger partial charge in [-0.2, -0.15) is 16.9 Å². The van der Waals surface area contributed by atoms with E-state index in [-0.39, 0.29) is 5.91 Å². The Morgan fingerprint density at radius 2 is 2.15 bits per heavy atom. The Morgan fingerprint density at radius 1 is 1.35 bits per heavy atom. The summed E-state index contributed by atoms with van der Waals surface area (Å²) in [6, 6.07) is 7.81. The first-order valence-corrected chi connectivity index (χ1v) is 10.1. The zero-order chi connectivity index (χ0) is 18.7. The maximum absolute atomic E-state index is 12.4. The maximum atomic E-state index is 12.4. The van der Waals surface area contributed by atoms with Crippen LogP contribution in [0.3, 0.4) is 0 Å². The maximum Gasteiger partial charge on any atom is 0.256 e. The molecule has 7 heteroatoms. The summed E-state index contributed by atoms with van der Waals surface area (Å²) in [7, 11) is 0. The Kier molecular flexibility index (Phi) is 5.84. The van der Waals surface area contributed by atoms with Crippen molar-refractivity contribution >= 4 is 34.9 Å². The second-order valence-corrected chi connectivity index (χ2v) is 7.53. The summed E-state index contributed by atoms with van der Waals surface area (Å²) in [5.41, 5.74) is 5.19. The molecule has 136 valence electrons. The van der Waals surface area contributed by atoms with Crippen molar-refractivity contribution < 1.29 is 4.79 Å². The Morgan fingerprint density at radius 3 is 2.88 bits per heavy atom. The number of rotatable bonds is 6. The number of aromatic nitrogens is 3. The summed E-state index contributed by atoms with van der Waals surface area (Å²) in [6.45, 7) is 4.60. The van der Waals surface area contributed by atoms with Crippen molar-refractivity contribution in [3.05, 3.63) is 63.6 Å². The number of fused-ring (bicyclic) bond motifs is 1. The Bertz CT molecular complexity index is 954. The third-order valence-corrected chi connectivity index (χ3v) is 5.16. The minimum Gasteiger partial charge on any atom is -0.351 e. The number of amides is 1. The smallest absolute Gasteiger partial charge is 0.256 e. The molecule has 0 atom stereocenters. The van der Waals surface area contributed by atoms with E-state index < -0.39 is 0 Å². The largest absolute Gasteiger partial charge is 0.351 e. The van der Waals surface area contributed by atoms with E-state index in [0.29, 0.717) is 17.8 Å². The predicted molar refractivity (Wildman–Crippen MR) is 107 cm³/mol. The molecule has 0 aliphatic rings. The van der Waals surface area contributed by atoms with Crippen molar-refractivity contribution in [2.24, 2.45) is 0 Å². The number of nitrogens with zero attached hydrogens (tertiary/aromatic N) is 3. The van der Waals surface area contributed by atoms with Crippen LogP contribution in [0.25, 0.3) is 5.65 Å². The molecule has 2 aromatic heterocycles. The van der Waals surface area contributed by atoms with E-state index in [9.17, 15) is 4.79 Å². The molecule has 26 heavy (non-hydrogen) atoms. The molecule has 1 aromatic carbocycles. The van der Waals surface area contributed by atoms with Gasteiger partial charge in [0.1, 0.15) is 5.56 Å². The molecule has 1 amide bonds. The van der Waals surface area contributed by atoms with Crippen LogP contribution in [0.4, 0.5) is 0 Å². The molecule has 5 nitrogen and oxygen atoms in total. The van der Waals surface area contributed by atoms with E-state index in [1.54, 1.807) is 22.5 Å². The van der Waals surface area contributed by atoms with Gasteiger partial charge in [0.25, 0.3) is 5.91 Å². The number of benzene rings is 1. The molecular weight excluding hydrogens is 368 g/mol. The average Bonchev–Trinajstić information content (AvgIpc) is 3.02. The number of nitrogens with one attached hydrogen (secondary N) is 1. The summed E-state index contributed by atoms with van der Waals surface area (Å²) >= 11 is 7.79. The van der Waals surface area contributed by atoms with E-state index in [0.717, 1.165) is 39.7 Å². The lowest BCUT2D eigenvalue weighted by Gasteiger charge is -2.12. The van der Waals surface area contributed by atoms with Crippen molar-refractivity contribution in [1.82, 2.24) is 19.9 Å². The number of hydrogen-bond acceptors (Lipinski definition) is 4. The van der Waals surface area contributed by atoms with E-state index >= 15 is 0 Å². The predicted octanol–water partition coefficient (Wildman–Crippen LogP) is 3.68. The van der Waals surface area contributed by atoms with Gasteiger partial charge in [-0.15, -0.1) is 0 Å². The topological polar surface area (TPSA) is 59.3 Å². The van der Waals surface area contributed by atoms with Gasteiger partial charge >= 0.3 is 0 Å². The number of thioether (sulfide) groups is 1. The Balaban J connectivity index is 1.95. The standard InChI is InChI=1S/C19H21ClN4OS/c1-12-16(10-14-5-4-6-15(20)9-14)13(2)24-18(23-12)17(11-22-24)19(25)21-7-8-26-3/h4-6,9,11H,7-8,10H2,1-3H3,(H,21,25). The first-order valence-electron chi connectivity index (χ1n) is 8.36. The fourth-order valence-electron chi connectivity index (χ4n) is 2.94. The minimum absolute atomic E-state index is 0.136. The fraction of sp³-hybridized carbons (Fsp3) is 0.316. The third-order valence-electron chi connectivity index (χ3n) is 4.31. The van der Waals surface area contributed by atoms with Crippen molar-refractivity contribution in [1.29, 1.82) is 0 Å². The highest BCUT2D eigenvalue weighted by molar-refractivity contribution is 7.98. The molecule has 0 unspecified atom stereocenters. The molecule has 0 saturated carbocycles. The molecular formula is C19H21ClN4OS. The summed E-state index contributed by atoms with van der Waals surface area (Å²) in [6.07, 6.45) is 4.32. The van der Waals surface area contributed by atoms with Crippen LogP contribution in [-0.2, 0) is 6.42 Å². The number of carbonyl (C=O) groups excluding carboxylic acids is 1. The van der Waals surface area contributed by atoms with Crippen LogP contribution in [0.5, 0.6) is 0 Å². The van der Waals surface area contributed by atoms with Gasteiger partial charge in [0, 0.05) is 35.1 Å². The van der Waals surface area contributed by atoms with Crippen LogP contribution in [0.1, 0.15) is 32.9 Å². The first kappa shape index (κ1) is 18.7. The van der Waals surface area contributed by atoms with Crippen LogP contribution in [0.2, 0.25) is 5.02 Å². The SMILES string of the molecule is CSCCNC(=O)c1cnn2c(C)c(Cc3cccc(Cl)c3)c(C)nc12. The fourth-order valence-corrected chi connectivity index (χ4v) is 3.46. The molecule has 2 heterocycles. The normalized spacial score (nSPS) is 11.1. The van der Waals surface area contributed by atoms with E-state index in [2.05, 4.69) is 15.4 Å². The highest BCUT2D eigenvalue weighted by Gasteiger charge is 2.18. The van der Waals surface area contributed by atoms with Gasteiger partial charge in [0.15, 0.2) is 5.65 Å². The number of hydrogen-bond donors (Lipinski definition) is 1. The minimum atomic E-state index is -0.136. The molecule has 0 aliphatic heterocycles. The lowest BCUT2D eigenvalue weighted by atomic mass is 10.0. The molecule has 0 radical (unpaired) electrons. The monoisotopic (exact) mass is 388 g/mol. The van der Waals surface area contributed by atoms with E-state index in [1.807, 2.05) is 44.4 Å². The van der Waals surface area contributed by atoms with Gasteiger partial charge < -0.3 is 5.32 Å². The third kappa shape index (κ3) is 3.86. The zero-order valence-corrected chi connectivity index (χ0v) is 16.6. The molecule has 1 N–H and O–H groups in total.